The van der Waals surface area contributed by atoms with Gasteiger partial charge in [0.25, 0.3) is 0 Å². The largest absolute Gasteiger partial charge is 0.496 e. The van der Waals surface area contributed by atoms with Crippen molar-refractivity contribution in [3.05, 3.63) is 35.7 Å². The van der Waals surface area contributed by atoms with E-state index in [1.807, 2.05) is 24.3 Å². The third-order valence-electron chi connectivity index (χ3n) is 3.52. The number of nitrogens with zero attached hydrogens (tertiary/aromatic N) is 3. The molecular weight excluding hydrogens is 342 g/mol. The summed E-state index contributed by atoms with van der Waals surface area (Å²) in [5.74, 6) is 1.13. The number of nitrogens with two attached hydrogens (primary N) is 1. The minimum absolute atomic E-state index is 0.113. The van der Waals surface area contributed by atoms with Crippen LogP contribution in [0.25, 0.3) is 0 Å². The SMILES string of the molecule is COc1ccccc1CNC(=O)CSc1nnc(CCC(N)=O)n1C. The summed E-state index contributed by atoms with van der Waals surface area (Å²) in [4.78, 5) is 22.9. The molecule has 1 aromatic carbocycles. The number of carbonyl (C=O) groups excluding carboxylic acids is 2. The predicted molar refractivity (Wildman–Crippen MR) is 94.1 cm³/mol. The van der Waals surface area contributed by atoms with Crippen molar-refractivity contribution < 1.29 is 14.3 Å². The minimum Gasteiger partial charge on any atom is -0.496 e. The van der Waals surface area contributed by atoms with Crippen molar-refractivity contribution in [2.75, 3.05) is 12.9 Å². The van der Waals surface area contributed by atoms with E-state index in [0.717, 1.165) is 11.3 Å². The molecule has 25 heavy (non-hydrogen) atoms. The Hall–Kier alpha value is -2.55. The number of aryl methyl sites for hydroxylation is 1. The van der Waals surface area contributed by atoms with Crippen LogP contribution in [0.15, 0.2) is 29.4 Å². The number of amides is 2. The lowest BCUT2D eigenvalue weighted by molar-refractivity contribution is -0.119. The van der Waals surface area contributed by atoms with E-state index in [2.05, 4.69) is 15.5 Å². The number of hydrogen-bond donors (Lipinski definition) is 2. The highest BCUT2D eigenvalue weighted by atomic mass is 32.2. The van der Waals surface area contributed by atoms with Crippen LogP contribution in [-0.2, 0) is 29.6 Å². The summed E-state index contributed by atoms with van der Waals surface area (Å²) in [5.41, 5.74) is 6.05. The molecule has 0 unspecified atom stereocenters. The first-order valence-electron chi connectivity index (χ1n) is 7.69. The molecule has 0 saturated carbocycles. The van der Waals surface area contributed by atoms with Crippen molar-refractivity contribution in [1.29, 1.82) is 0 Å². The van der Waals surface area contributed by atoms with Crippen LogP contribution in [0, 0.1) is 0 Å². The fourth-order valence-electron chi connectivity index (χ4n) is 2.15. The van der Waals surface area contributed by atoms with E-state index in [1.54, 1.807) is 18.7 Å². The van der Waals surface area contributed by atoms with Gasteiger partial charge < -0.3 is 20.4 Å². The van der Waals surface area contributed by atoms with Crippen LogP contribution in [0.1, 0.15) is 17.8 Å². The van der Waals surface area contributed by atoms with E-state index in [9.17, 15) is 9.59 Å². The number of nitrogens with one attached hydrogen (secondary N) is 1. The standard InChI is InChI=1S/C16H21N5O3S/c1-21-14(8-7-13(17)22)19-20-16(21)25-10-15(23)18-9-11-5-3-4-6-12(11)24-2/h3-6H,7-10H2,1-2H3,(H2,17,22)(H,18,23). The van der Waals surface area contributed by atoms with Gasteiger partial charge in [0.05, 0.1) is 12.9 Å². The highest BCUT2D eigenvalue weighted by Crippen LogP contribution is 2.18. The lowest BCUT2D eigenvalue weighted by atomic mass is 10.2. The van der Waals surface area contributed by atoms with Crippen LogP contribution in [0.3, 0.4) is 0 Å². The number of para-hydroxylation sites is 1. The summed E-state index contributed by atoms with van der Waals surface area (Å²) in [6, 6.07) is 7.53. The fourth-order valence-corrected chi connectivity index (χ4v) is 2.91. The van der Waals surface area contributed by atoms with Gasteiger partial charge in [0.2, 0.25) is 11.8 Å². The third kappa shape index (κ3) is 5.49. The molecule has 0 aliphatic carbocycles. The summed E-state index contributed by atoms with van der Waals surface area (Å²) in [5, 5.41) is 11.5. The van der Waals surface area contributed by atoms with Crippen molar-refractivity contribution in [3.63, 3.8) is 0 Å². The molecule has 0 radical (unpaired) electrons. The zero-order valence-corrected chi connectivity index (χ0v) is 15.0. The number of rotatable bonds is 9. The fraction of sp³-hybridized carbons (Fsp3) is 0.375. The molecule has 2 rings (SSSR count). The van der Waals surface area contributed by atoms with E-state index in [4.69, 9.17) is 10.5 Å². The van der Waals surface area contributed by atoms with Gasteiger partial charge in [-0.25, -0.2) is 0 Å². The maximum absolute atomic E-state index is 12.0. The summed E-state index contributed by atoms with van der Waals surface area (Å²) in [6.45, 7) is 0.395. The molecule has 3 N–H and O–H groups in total. The Morgan fingerprint density at radius 2 is 2.08 bits per heavy atom. The lowest BCUT2D eigenvalue weighted by Gasteiger charge is -2.09. The van der Waals surface area contributed by atoms with Crippen LogP contribution in [0.5, 0.6) is 5.75 Å². The van der Waals surface area contributed by atoms with E-state index >= 15 is 0 Å². The van der Waals surface area contributed by atoms with Gasteiger partial charge in [0.1, 0.15) is 11.6 Å². The second-order valence-electron chi connectivity index (χ2n) is 5.30. The van der Waals surface area contributed by atoms with E-state index in [0.29, 0.717) is 23.9 Å². The molecule has 0 fully saturated rings. The van der Waals surface area contributed by atoms with Crippen LogP contribution in [0.2, 0.25) is 0 Å². The lowest BCUT2D eigenvalue weighted by Crippen LogP contribution is -2.25. The monoisotopic (exact) mass is 363 g/mol. The van der Waals surface area contributed by atoms with Gasteiger partial charge in [-0.2, -0.15) is 0 Å². The summed E-state index contributed by atoms with van der Waals surface area (Å²) in [7, 11) is 3.39. The Labute approximate surface area is 150 Å². The Morgan fingerprint density at radius 3 is 2.80 bits per heavy atom. The van der Waals surface area contributed by atoms with Gasteiger partial charge in [-0.1, -0.05) is 30.0 Å². The molecule has 0 saturated heterocycles. The van der Waals surface area contributed by atoms with E-state index < -0.39 is 0 Å². The third-order valence-corrected chi connectivity index (χ3v) is 4.54. The smallest absolute Gasteiger partial charge is 0.230 e. The Kier molecular flexibility index (Phi) is 6.81. The van der Waals surface area contributed by atoms with Gasteiger partial charge >= 0.3 is 0 Å². The zero-order chi connectivity index (χ0) is 18.2. The quantitative estimate of drug-likeness (QED) is 0.633. The minimum atomic E-state index is -0.382. The molecule has 8 nitrogen and oxygen atoms in total. The molecule has 0 atom stereocenters. The molecule has 9 heteroatoms. The summed E-state index contributed by atoms with van der Waals surface area (Å²) < 4.78 is 7.02. The van der Waals surface area contributed by atoms with Crippen LogP contribution < -0.4 is 15.8 Å². The van der Waals surface area contributed by atoms with E-state index in [-0.39, 0.29) is 24.0 Å². The van der Waals surface area contributed by atoms with Gasteiger partial charge in [0, 0.05) is 32.0 Å². The number of benzene rings is 1. The second kappa shape index (κ2) is 9.07. The Balaban J connectivity index is 1.83. The molecule has 1 heterocycles. The normalized spacial score (nSPS) is 10.5. The maximum Gasteiger partial charge on any atom is 0.230 e. The van der Waals surface area contributed by atoms with Gasteiger partial charge in [0.15, 0.2) is 5.16 Å². The molecule has 2 amide bonds. The number of thioether (sulfide) groups is 1. The van der Waals surface area contributed by atoms with Crippen LogP contribution in [-0.4, -0.2) is 39.4 Å². The second-order valence-corrected chi connectivity index (χ2v) is 6.24. The average Bonchev–Trinajstić information content (AvgIpc) is 2.96. The first-order chi connectivity index (χ1) is 12.0. The van der Waals surface area contributed by atoms with Crippen LogP contribution in [0.4, 0.5) is 0 Å². The molecule has 134 valence electrons. The summed E-state index contributed by atoms with van der Waals surface area (Å²) in [6.07, 6.45) is 0.648. The van der Waals surface area contributed by atoms with Crippen molar-refractivity contribution in [1.82, 2.24) is 20.1 Å². The number of primary amides is 1. The number of hydrogen-bond acceptors (Lipinski definition) is 6. The zero-order valence-electron chi connectivity index (χ0n) is 14.2. The molecule has 0 aliphatic rings. The first-order valence-corrected chi connectivity index (χ1v) is 8.67. The van der Waals surface area contributed by atoms with Crippen molar-refractivity contribution in [3.8, 4) is 5.75 Å². The number of methoxy groups -OCH3 is 1. The maximum atomic E-state index is 12.0. The molecule has 0 bridgehead atoms. The molecule has 0 aliphatic heterocycles. The molecular formula is C16H21N5O3S. The molecule has 0 spiro atoms. The highest BCUT2D eigenvalue weighted by molar-refractivity contribution is 7.99. The number of carbonyl (C=O) groups is 2. The predicted octanol–water partition coefficient (Wildman–Crippen LogP) is 0.650. The molecule has 2 aromatic rings. The van der Waals surface area contributed by atoms with Gasteiger partial charge in [-0.05, 0) is 6.07 Å². The van der Waals surface area contributed by atoms with E-state index in [1.165, 1.54) is 11.8 Å². The van der Waals surface area contributed by atoms with Crippen molar-refractivity contribution in [2.24, 2.45) is 12.8 Å². The van der Waals surface area contributed by atoms with Crippen molar-refractivity contribution in [2.45, 2.75) is 24.5 Å². The average molecular weight is 363 g/mol. The number of ether oxygens (including phenoxy) is 1. The van der Waals surface area contributed by atoms with Gasteiger partial charge in [-0.3, -0.25) is 9.59 Å². The summed E-state index contributed by atoms with van der Waals surface area (Å²) >= 11 is 1.29. The highest BCUT2D eigenvalue weighted by Gasteiger charge is 2.12. The molecule has 1 aromatic heterocycles. The topological polar surface area (TPSA) is 112 Å². The van der Waals surface area contributed by atoms with Crippen LogP contribution >= 0.6 is 11.8 Å². The Morgan fingerprint density at radius 1 is 1.32 bits per heavy atom. The Bertz CT molecular complexity index is 747. The first kappa shape index (κ1) is 18.8. The van der Waals surface area contributed by atoms with Gasteiger partial charge in [-0.15, -0.1) is 10.2 Å². The van der Waals surface area contributed by atoms with Crippen molar-refractivity contribution >= 4 is 23.6 Å². The number of aromatic nitrogens is 3.